The summed E-state index contributed by atoms with van der Waals surface area (Å²) in [5.41, 5.74) is 1.94. The van der Waals surface area contributed by atoms with E-state index in [0.29, 0.717) is 5.02 Å². The van der Waals surface area contributed by atoms with Crippen molar-refractivity contribution in [1.82, 2.24) is 0 Å². The second kappa shape index (κ2) is 5.23. The normalized spacial score (nSPS) is 10.3. The Morgan fingerprint density at radius 1 is 1.43 bits per heavy atom. The van der Waals surface area contributed by atoms with Crippen LogP contribution < -0.4 is 4.90 Å². The van der Waals surface area contributed by atoms with Gasteiger partial charge in [-0.05, 0) is 24.6 Å². The van der Waals surface area contributed by atoms with Gasteiger partial charge in [-0.25, -0.2) is 0 Å². The highest BCUT2D eigenvalue weighted by atomic mass is 35.5. The second-order valence-corrected chi connectivity index (χ2v) is 3.79. The van der Waals surface area contributed by atoms with Crippen LogP contribution in [0.15, 0.2) is 18.2 Å². The third kappa shape index (κ3) is 2.63. The molecular formula is C11H16ClNO. The lowest BCUT2D eigenvalue weighted by molar-refractivity contribution is 0.282. The highest BCUT2D eigenvalue weighted by Crippen LogP contribution is 2.23. The summed E-state index contributed by atoms with van der Waals surface area (Å²) >= 11 is 5.85. The summed E-state index contributed by atoms with van der Waals surface area (Å²) in [5, 5.41) is 9.84. The molecule has 0 saturated carbocycles. The molecule has 14 heavy (non-hydrogen) atoms. The van der Waals surface area contributed by atoms with Gasteiger partial charge in [0.2, 0.25) is 0 Å². The van der Waals surface area contributed by atoms with E-state index < -0.39 is 0 Å². The molecular weight excluding hydrogens is 198 g/mol. The molecule has 0 heterocycles. The fraction of sp³-hybridized carbons (Fsp3) is 0.455. The van der Waals surface area contributed by atoms with Crippen molar-refractivity contribution in [2.45, 2.75) is 20.0 Å². The molecule has 0 saturated heterocycles. The summed E-state index contributed by atoms with van der Waals surface area (Å²) in [6.07, 6.45) is 1.09. The largest absolute Gasteiger partial charge is 0.392 e. The van der Waals surface area contributed by atoms with Crippen LogP contribution in [0.2, 0.25) is 5.02 Å². The third-order valence-corrected chi connectivity index (χ3v) is 2.42. The first kappa shape index (κ1) is 11.3. The molecule has 0 aromatic heterocycles. The fourth-order valence-corrected chi connectivity index (χ4v) is 1.70. The van der Waals surface area contributed by atoms with E-state index in [9.17, 15) is 5.11 Å². The van der Waals surface area contributed by atoms with Gasteiger partial charge in [0.15, 0.2) is 0 Å². The standard InChI is InChI=1S/C11H16ClNO/c1-3-6-13(2)11-5-4-10(12)7-9(11)8-14/h4-5,7,14H,3,6,8H2,1-2H3. The molecule has 2 nitrogen and oxygen atoms in total. The minimum atomic E-state index is 0.0317. The monoisotopic (exact) mass is 213 g/mol. The zero-order chi connectivity index (χ0) is 10.6. The van der Waals surface area contributed by atoms with Crippen molar-refractivity contribution in [2.75, 3.05) is 18.5 Å². The van der Waals surface area contributed by atoms with Crippen LogP contribution in [0.25, 0.3) is 0 Å². The lowest BCUT2D eigenvalue weighted by Gasteiger charge is -2.21. The molecule has 0 amide bonds. The van der Waals surface area contributed by atoms with Gasteiger partial charge in [-0.15, -0.1) is 0 Å². The first-order chi connectivity index (χ1) is 6.69. The van der Waals surface area contributed by atoms with Gasteiger partial charge in [-0.2, -0.15) is 0 Å². The Morgan fingerprint density at radius 2 is 2.14 bits per heavy atom. The minimum Gasteiger partial charge on any atom is -0.392 e. The van der Waals surface area contributed by atoms with Crippen molar-refractivity contribution in [3.05, 3.63) is 28.8 Å². The van der Waals surface area contributed by atoms with Crippen LogP contribution in [0.3, 0.4) is 0 Å². The summed E-state index contributed by atoms with van der Waals surface area (Å²) in [7, 11) is 2.02. The topological polar surface area (TPSA) is 23.5 Å². The van der Waals surface area contributed by atoms with Crippen LogP contribution in [-0.4, -0.2) is 18.7 Å². The number of hydrogen-bond donors (Lipinski definition) is 1. The Morgan fingerprint density at radius 3 is 2.71 bits per heavy atom. The average molecular weight is 214 g/mol. The van der Waals surface area contributed by atoms with E-state index in [1.54, 1.807) is 0 Å². The third-order valence-electron chi connectivity index (χ3n) is 2.18. The maximum atomic E-state index is 9.17. The predicted molar refractivity (Wildman–Crippen MR) is 60.9 cm³/mol. The molecule has 0 atom stereocenters. The number of benzene rings is 1. The fourth-order valence-electron chi connectivity index (χ4n) is 1.51. The summed E-state index contributed by atoms with van der Waals surface area (Å²) < 4.78 is 0. The van der Waals surface area contributed by atoms with Crippen LogP contribution in [-0.2, 0) is 6.61 Å². The molecule has 1 aromatic carbocycles. The Kier molecular flexibility index (Phi) is 4.23. The van der Waals surface area contributed by atoms with Crippen molar-refractivity contribution in [3.8, 4) is 0 Å². The number of halogens is 1. The molecule has 0 aliphatic carbocycles. The van der Waals surface area contributed by atoms with Gasteiger partial charge in [0.1, 0.15) is 0 Å². The first-order valence-corrected chi connectivity index (χ1v) is 5.17. The summed E-state index contributed by atoms with van der Waals surface area (Å²) in [4.78, 5) is 2.13. The maximum absolute atomic E-state index is 9.17. The number of nitrogens with zero attached hydrogens (tertiary/aromatic N) is 1. The predicted octanol–water partition coefficient (Wildman–Crippen LogP) is 2.68. The molecule has 0 fully saturated rings. The Hall–Kier alpha value is -0.730. The lowest BCUT2D eigenvalue weighted by atomic mass is 10.1. The van der Waals surface area contributed by atoms with Crippen LogP contribution in [0, 0.1) is 0 Å². The molecule has 1 rings (SSSR count). The van der Waals surface area contributed by atoms with Crippen molar-refractivity contribution in [1.29, 1.82) is 0 Å². The molecule has 1 N–H and O–H groups in total. The second-order valence-electron chi connectivity index (χ2n) is 3.35. The van der Waals surface area contributed by atoms with Crippen LogP contribution in [0.1, 0.15) is 18.9 Å². The van der Waals surface area contributed by atoms with E-state index in [4.69, 9.17) is 11.6 Å². The van der Waals surface area contributed by atoms with Gasteiger partial charge in [0, 0.05) is 29.9 Å². The molecule has 0 spiro atoms. The Labute approximate surface area is 90.1 Å². The molecule has 0 unspecified atom stereocenters. The van der Waals surface area contributed by atoms with Crippen LogP contribution in [0.4, 0.5) is 5.69 Å². The van der Waals surface area contributed by atoms with E-state index in [0.717, 1.165) is 24.2 Å². The summed E-state index contributed by atoms with van der Waals surface area (Å²) in [5.74, 6) is 0. The quantitative estimate of drug-likeness (QED) is 0.832. The zero-order valence-electron chi connectivity index (χ0n) is 8.63. The summed E-state index contributed by atoms with van der Waals surface area (Å²) in [6.45, 7) is 3.14. The highest BCUT2D eigenvalue weighted by molar-refractivity contribution is 6.30. The number of aliphatic hydroxyl groups excluding tert-OH is 1. The Balaban J connectivity index is 2.95. The van der Waals surface area contributed by atoms with E-state index >= 15 is 0 Å². The van der Waals surface area contributed by atoms with Crippen molar-refractivity contribution in [2.24, 2.45) is 0 Å². The molecule has 1 aromatic rings. The average Bonchev–Trinajstić information content (AvgIpc) is 2.17. The maximum Gasteiger partial charge on any atom is 0.0702 e. The smallest absolute Gasteiger partial charge is 0.0702 e. The van der Waals surface area contributed by atoms with Crippen molar-refractivity contribution >= 4 is 17.3 Å². The van der Waals surface area contributed by atoms with Crippen molar-refractivity contribution in [3.63, 3.8) is 0 Å². The van der Waals surface area contributed by atoms with Gasteiger partial charge in [-0.3, -0.25) is 0 Å². The lowest BCUT2D eigenvalue weighted by Crippen LogP contribution is -2.19. The molecule has 0 radical (unpaired) electrons. The zero-order valence-corrected chi connectivity index (χ0v) is 9.38. The van der Waals surface area contributed by atoms with Gasteiger partial charge in [0.25, 0.3) is 0 Å². The summed E-state index contributed by atoms with van der Waals surface area (Å²) in [6, 6.07) is 5.61. The van der Waals surface area contributed by atoms with Crippen LogP contribution in [0.5, 0.6) is 0 Å². The molecule has 78 valence electrons. The van der Waals surface area contributed by atoms with E-state index in [-0.39, 0.29) is 6.61 Å². The SMILES string of the molecule is CCCN(C)c1ccc(Cl)cc1CO. The van der Waals surface area contributed by atoms with Crippen molar-refractivity contribution < 1.29 is 5.11 Å². The van der Waals surface area contributed by atoms with Crippen LogP contribution >= 0.6 is 11.6 Å². The molecule has 0 aliphatic heterocycles. The highest BCUT2D eigenvalue weighted by Gasteiger charge is 2.06. The first-order valence-electron chi connectivity index (χ1n) is 4.79. The molecule has 3 heteroatoms. The molecule has 0 bridgehead atoms. The number of aliphatic hydroxyl groups is 1. The van der Waals surface area contributed by atoms with E-state index in [2.05, 4.69) is 11.8 Å². The van der Waals surface area contributed by atoms with Gasteiger partial charge < -0.3 is 10.0 Å². The Bertz CT molecular complexity index is 301. The van der Waals surface area contributed by atoms with Gasteiger partial charge >= 0.3 is 0 Å². The van der Waals surface area contributed by atoms with E-state index in [1.807, 2.05) is 25.2 Å². The number of anilines is 1. The van der Waals surface area contributed by atoms with Gasteiger partial charge in [0.05, 0.1) is 6.61 Å². The van der Waals surface area contributed by atoms with E-state index in [1.165, 1.54) is 0 Å². The number of rotatable bonds is 4. The van der Waals surface area contributed by atoms with Gasteiger partial charge in [-0.1, -0.05) is 18.5 Å². The molecule has 0 aliphatic rings. The minimum absolute atomic E-state index is 0.0317. The number of hydrogen-bond acceptors (Lipinski definition) is 2.